The minimum Gasteiger partial charge on any atom is -0.377 e. The number of ether oxygens (including phenoxy) is 1. The highest BCUT2D eigenvalue weighted by molar-refractivity contribution is 14.0. The molecule has 156 valence electrons. The van der Waals surface area contributed by atoms with Gasteiger partial charge in [0.2, 0.25) is 0 Å². The molecule has 0 bridgehead atoms. The van der Waals surface area contributed by atoms with Crippen LogP contribution in [-0.2, 0) is 4.74 Å². The Hall–Kier alpha value is -1.09. The van der Waals surface area contributed by atoms with Gasteiger partial charge in [-0.3, -0.25) is 4.99 Å². The number of guanidine groups is 1. The highest BCUT2D eigenvalue weighted by Crippen LogP contribution is 2.52. The van der Waals surface area contributed by atoms with Gasteiger partial charge < -0.3 is 20.3 Å². The molecule has 0 spiro atoms. The molecule has 1 aromatic rings. The summed E-state index contributed by atoms with van der Waals surface area (Å²) in [7, 11) is 1.84. The molecule has 0 aromatic heterocycles. The van der Waals surface area contributed by atoms with Crippen molar-refractivity contribution in [1.82, 2.24) is 10.6 Å². The molecule has 28 heavy (non-hydrogen) atoms. The molecule has 4 rings (SSSR count). The maximum atomic E-state index is 13.5. The van der Waals surface area contributed by atoms with Gasteiger partial charge in [-0.2, -0.15) is 0 Å². The summed E-state index contributed by atoms with van der Waals surface area (Å²) in [4.78, 5) is 6.72. The summed E-state index contributed by atoms with van der Waals surface area (Å²) < 4.78 is 19.4. The molecule has 3 unspecified atom stereocenters. The van der Waals surface area contributed by atoms with Crippen molar-refractivity contribution in [2.24, 2.45) is 16.3 Å². The quantitative estimate of drug-likeness (QED) is 0.378. The Bertz CT molecular complexity index is 705. The first-order chi connectivity index (χ1) is 13.0. The van der Waals surface area contributed by atoms with Crippen LogP contribution in [0.2, 0.25) is 0 Å². The van der Waals surface area contributed by atoms with Gasteiger partial charge in [-0.1, -0.05) is 19.9 Å². The second kappa shape index (κ2) is 8.73. The first kappa shape index (κ1) is 21.6. The number of aliphatic imine (C=N–C) groups is 1. The number of hydrogen-bond acceptors (Lipinski definition) is 3. The van der Waals surface area contributed by atoms with Crippen LogP contribution in [0.4, 0.5) is 10.1 Å². The summed E-state index contributed by atoms with van der Waals surface area (Å²) in [6, 6.07) is 7.67. The Balaban J connectivity index is 0.00000225. The Labute approximate surface area is 184 Å². The van der Waals surface area contributed by atoms with E-state index >= 15 is 0 Å². The standard InChI is InChI=1S/C21H31FN4O.HI/c1-21(2)18(17-9-12-27-19(17)21)25-20(23-3)24-15-7-10-26(11-8-15)16-6-4-5-14(22)13-16;/h4-6,13,15,17-19H,7-12H2,1-3H3,(H2,23,24,25);1H. The number of nitrogens with zero attached hydrogens (tertiary/aromatic N) is 2. The van der Waals surface area contributed by atoms with Gasteiger partial charge in [-0.05, 0) is 37.5 Å². The Morgan fingerprint density at radius 2 is 1.96 bits per heavy atom. The topological polar surface area (TPSA) is 48.9 Å². The third-order valence-corrected chi connectivity index (χ3v) is 6.63. The fourth-order valence-corrected chi connectivity index (χ4v) is 5.08. The normalized spacial score (nSPS) is 29.5. The van der Waals surface area contributed by atoms with Gasteiger partial charge in [0, 0.05) is 55.8 Å². The second-order valence-electron chi connectivity index (χ2n) is 8.65. The van der Waals surface area contributed by atoms with Crippen molar-refractivity contribution in [3.8, 4) is 0 Å². The van der Waals surface area contributed by atoms with Crippen molar-refractivity contribution >= 4 is 35.6 Å². The first-order valence-electron chi connectivity index (χ1n) is 10.1. The summed E-state index contributed by atoms with van der Waals surface area (Å²) in [5.41, 5.74) is 1.11. The minimum atomic E-state index is -0.172. The zero-order valence-corrected chi connectivity index (χ0v) is 19.3. The number of nitrogens with one attached hydrogen (secondary N) is 2. The summed E-state index contributed by atoms with van der Waals surface area (Å²) in [6.07, 6.45) is 3.54. The van der Waals surface area contributed by atoms with Crippen LogP contribution in [0.25, 0.3) is 0 Å². The van der Waals surface area contributed by atoms with Crippen molar-refractivity contribution in [2.45, 2.75) is 51.3 Å². The van der Waals surface area contributed by atoms with Crippen LogP contribution < -0.4 is 15.5 Å². The van der Waals surface area contributed by atoms with E-state index in [1.807, 2.05) is 13.1 Å². The van der Waals surface area contributed by atoms with E-state index in [2.05, 4.69) is 34.4 Å². The summed E-state index contributed by atoms with van der Waals surface area (Å²) >= 11 is 0. The molecule has 0 radical (unpaired) electrons. The molecule has 3 atom stereocenters. The Morgan fingerprint density at radius 1 is 1.21 bits per heavy atom. The summed E-state index contributed by atoms with van der Waals surface area (Å²) in [5, 5.41) is 7.26. The maximum Gasteiger partial charge on any atom is 0.191 e. The molecule has 0 amide bonds. The van der Waals surface area contributed by atoms with Crippen molar-refractivity contribution < 1.29 is 9.13 Å². The largest absolute Gasteiger partial charge is 0.377 e. The van der Waals surface area contributed by atoms with Crippen LogP contribution >= 0.6 is 24.0 Å². The third kappa shape index (κ3) is 4.10. The number of halogens is 2. The van der Waals surface area contributed by atoms with E-state index < -0.39 is 0 Å². The third-order valence-electron chi connectivity index (χ3n) is 6.63. The summed E-state index contributed by atoms with van der Waals surface area (Å²) in [6.45, 7) is 7.28. The molecule has 1 saturated carbocycles. The van der Waals surface area contributed by atoms with Gasteiger partial charge in [0.05, 0.1) is 6.10 Å². The van der Waals surface area contributed by atoms with Crippen LogP contribution in [0.15, 0.2) is 29.3 Å². The van der Waals surface area contributed by atoms with Gasteiger partial charge in [0.15, 0.2) is 5.96 Å². The van der Waals surface area contributed by atoms with E-state index in [0.29, 0.717) is 24.1 Å². The predicted molar refractivity (Wildman–Crippen MR) is 122 cm³/mol. The highest BCUT2D eigenvalue weighted by atomic mass is 127. The fourth-order valence-electron chi connectivity index (χ4n) is 5.08. The van der Waals surface area contributed by atoms with E-state index in [0.717, 1.165) is 50.6 Å². The minimum absolute atomic E-state index is 0. The molecule has 2 heterocycles. The Morgan fingerprint density at radius 3 is 2.64 bits per heavy atom. The fraction of sp³-hybridized carbons (Fsp3) is 0.667. The van der Waals surface area contributed by atoms with Crippen LogP contribution in [0.1, 0.15) is 33.1 Å². The van der Waals surface area contributed by atoms with Gasteiger partial charge >= 0.3 is 0 Å². The lowest BCUT2D eigenvalue weighted by molar-refractivity contribution is -0.106. The second-order valence-corrected chi connectivity index (χ2v) is 8.65. The molecule has 7 heteroatoms. The van der Waals surface area contributed by atoms with Crippen molar-refractivity contribution in [3.05, 3.63) is 30.1 Å². The molecule has 1 aromatic carbocycles. The number of piperidine rings is 1. The molecule has 2 N–H and O–H groups in total. The molecule has 3 aliphatic rings. The molecular weight excluding hydrogens is 470 g/mol. The monoisotopic (exact) mass is 502 g/mol. The molecule has 3 fully saturated rings. The van der Waals surface area contributed by atoms with Crippen molar-refractivity contribution in [1.29, 1.82) is 0 Å². The predicted octanol–water partition coefficient (Wildman–Crippen LogP) is 3.39. The van der Waals surface area contributed by atoms with E-state index in [1.165, 1.54) is 6.07 Å². The van der Waals surface area contributed by atoms with Gasteiger partial charge in [-0.15, -0.1) is 24.0 Å². The van der Waals surface area contributed by atoms with Gasteiger partial charge in [0.25, 0.3) is 0 Å². The number of hydrogen-bond donors (Lipinski definition) is 2. The average molecular weight is 502 g/mol. The van der Waals surface area contributed by atoms with Crippen molar-refractivity contribution in [3.63, 3.8) is 0 Å². The van der Waals surface area contributed by atoms with Gasteiger partial charge in [-0.25, -0.2) is 4.39 Å². The van der Waals surface area contributed by atoms with Gasteiger partial charge in [0.1, 0.15) is 5.82 Å². The molecule has 2 aliphatic heterocycles. The molecule has 5 nitrogen and oxygen atoms in total. The van der Waals surface area contributed by atoms with Crippen LogP contribution in [0.3, 0.4) is 0 Å². The lowest BCUT2D eigenvalue weighted by Crippen LogP contribution is -2.68. The number of rotatable bonds is 3. The zero-order chi connectivity index (χ0) is 19.0. The average Bonchev–Trinajstić information content (AvgIpc) is 3.13. The molecular formula is C21H32FIN4O. The maximum absolute atomic E-state index is 13.5. The highest BCUT2D eigenvalue weighted by Gasteiger charge is 2.59. The molecule has 2 saturated heterocycles. The lowest BCUT2D eigenvalue weighted by Gasteiger charge is -2.55. The van der Waals surface area contributed by atoms with E-state index in [4.69, 9.17) is 4.74 Å². The zero-order valence-electron chi connectivity index (χ0n) is 17.0. The van der Waals surface area contributed by atoms with E-state index in [1.54, 1.807) is 12.1 Å². The SMILES string of the molecule is CN=C(NC1CCN(c2cccc(F)c2)CC1)NC1C2CCOC2C1(C)C.I. The van der Waals surface area contributed by atoms with E-state index in [-0.39, 0.29) is 35.2 Å². The van der Waals surface area contributed by atoms with Crippen LogP contribution in [0, 0.1) is 17.2 Å². The first-order valence-corrected chi connectivity index (χ1v) is 10.1. The summed E-state index contributed by atoms with van der Waals surface area (Å²) in [5.74, 6) is 1.31. The Kier molecular flexibility index (Phi) is 6.74. The smallest absolute Gasteiger partial charge is 0.191 e. The van der Waals surface area contributed by atoms with E-state index in [9.17, 15) is 4.39 Å². The van der Waals surface area contributed by atoms with Crippen molar-refractivity contribution in [2.75, 3.05) is 31.6 Å². The molecule has 1 aliphatic carbocycles. The lowest BCUT2D eigenvalue weighted by atomic mass is 9.57. The number of benzene rings is 1. The number of fused-ring (bicyclic) bond motifs is 1. The number of anilines is 1. The van der Waals surface area contributed by atoms with Crippen LogP contribution in [0.5, 0.6) is 0 Å². The van der Waals surface area contributed by atoms with Crippen LogP contribution in [-0.4, -0.2) is 50.9 Å².